The van der Waals surface area contributed by atoms with Crippen LogP contribution in [0.25, 0.3) is 0 Å². The van der Waals surface area contributed by atoms with Crippen LogP contribution in [0.1, 0.15) is 67.5 Å². The van der Waals surface area contributed by atoms with Crippen molar-refractivity contribution < 1.29 is 23.9 Å². The number of imide groups is 1. The number of carbonyl (C=O) groups is 4. The summed E-state index contributed by atoms with van der Waals surface area (Å²) in [7, 11) is 0. The van der Waals surface area contributed by atoms with Crippen molar-refractivity contribution in [1.82, 2.24) is 0 Å². The molecule has 0 bridgehead atoms. The Labute approximate surface area is 203 Å². The molecular formula is C28H26N2O5. The lowest BCUT2D eigenvalue weighted by molar-refractivity contribution is -0.119. The monoisotopic (exact) mass is 470 g/mol. The van der Waals surface area contributed by atoms with Crippen molar-refractivity contribution in [3.63, 3.8) is 0 Å². The quantitative estimate of drug-likeness (QED) is 0.403. The third-order valence-electron chi connectivity index (χ3n) is 6.13. The first kappa shape index (κ1) is 23.9. The van der Waals surface area contributed by atoms with Crippen LogP contribution in [0.5, 0.6) is 0 Å². The number of para-hydroxylation sites is 1. The van der Waals surface area contributed by atoms with Crippen molar-refractivity contribution in [3.8, 4) is 0 Å². The van der Waals surface area contributed by atoms with Gasteiger partial charge in [0.25, 0.3) is 17.7 Å². The lowest BCUT2D eigenvalue weighted by atomic mass is 10.0. The summed E-state index contributed by atoms with van der Waals surface area (Å²) in [5, 5.41) is 2.77. The van der Waals surface area contributed by atoms with E-state index in [-0.39, 0.29) is 22.6 Å². The molecule has 7 heteroatoms. The molecule has 1 aliphatic heterocycles. The molecule has 0 spiro atoms. The number of benzene rings is 3. The van der Waals surface area contributed by atoms with Crippen LogP contribution >= 0.6 is 0 Å². The topological polar surface area (TPSA) is 92.8 Å². The molecule has 0 fully saturated rings. The first-order chi connectivity index (χ1) is 16.7. The van der Waals surface area contributed by atoms with E-state index in [9.17, 15) is 19.2 Å². The maximum Gasteiger partial charge on any atom is 0.338 e. The molecule has 0 aromatic heterocycles. The summed E-state index contributed by atoms with van der Waals surface area (Å²) < 4.78 is 5.17. The predicted molar refractivity (Wildman–Crippen MR) is 133 cm³/mol. The molecule has 0 saturated heterocycles. The highest BCUT2D eigenvalue weighted by molar-refractivity contribution is 6.35. The number of amides is 3. The molecule has 0 unspecified atom stereocenters. The van der Waals surface area contributed by atoms with Crippen molar-refractivity contribution >= 4 is 35.1 Å². The third-order valence-corrected chi connectivity index (χ3v) is 6.13. The number of ether oxygens (including phenoxy) is 1. The summed E-state index contributed by atoms with van der Waals surface area (Å²) in [5.41, 5.74) is 4.36. The smallest absolute Gasteiger partial charge is 0.338 e. The lowest BCUT2D eigenvalue weighted by Gasteiger charge is -2.17. The lowest BCUT2D eigenvalue weighted by Crippen LogP contribution is -2.30. The Morgan fingerprint density at radius 3 is 2.37 bits per heavy atom. The number of aryl methyl sites for hydroxylation is 1. The minimum Gasteiger partial charge on any atom is -0.452 e. The standard InChI is InChI=1S/C28H26N2O5/c1-16(2)20-9-5-6-10-23(20)29-25(31)15-35-28(34)19-12-13-21-22(14-19)27(33)30(26(21)32)24-11-7-8-17(3)18(24)4/h5-14,16H,15H2,1-4H3,(H,29,31). The Balaban J connectivity index is 1.47. The van der Waals surface area contributed by atoms with Gasteiger partial charge in [-0.05, 0) is 66.8 Å². The van der Waals surface area contributed by atoms with Crippen LogP contribution in [0.4, 0.5) is 11.4 Å². The van der Waals surface area contributed by atoms with E-state index < -0.39 is 30.3 Å². The van der Waals surface area contributed by atoms with Crippen LogP contribution in [0, 0.1) is 13.8 Å². The van der Waals surface area contributed by atoms with Crippen LogP contribution in [0.3, 0.4) is 0 Å². The van der Waals surface area contributed by atoms with E-state index in [2.05, 4.69) is 5.32 Å². The molecule has 3 aromatic rings. The van der Waals surface area contributed by atoms with E-state index in [0.29, 0.717) is 11.4 Å². The van der Waals surface area contributed by atoms with Crippen LogP contribution < -0.4 is 10.2 Å². The number of hydrogen-bond acceptors (Lipinski definition) is 5. The van der Waals surface area contributed by atoms with Crippen molar-refractivity contribution in [2.24, 2.45) is 0 Å². The Morgan fingerprint density at radius 1 is 0.914 bits per heavy atom. The number of anilines is 2. The van der Waals surface area contributed by atoms with Crippen molar-refractivity contribution in [2.75, 3.05) is 16.8 Å². The van der Waals surface area contributed by atoms with E-state index in [1.54, 1.807) is 18.2 Å². The van der Waals surface area contributed by atoms with Gasteiger partial charge in [-0.25, -0.2) is 9.69 Å². The number of rotatable bonds is 6. The molecule has 4 rings (SSSR count). The van der Waals surface area contributed by atoms with Gasteiger partial charge in [-0.2, -0.15) is 0 Å². The number of hydrogen-bond donors (Lipinski definition) is 1. The van der Waals surface area contributed by atoms with Crippen molar-refractivity contribution in [2.45, 2.75) is 33.6 Å². The second-order valence-corrected chi connectivity index (χ2v) is 8.79. The number of esters is 1. The molecule has 0 saturated carbocycles. The molecular weight excluding hydrogens is 444 g/mol. The van der Waals surface area contributed by atoms with Gasteiger partial charge in [0.05, 0.1) is 22.4 Å². The first-order valence-electron chi connectivity index (χ1n) is 11.3. The molecule has 178 valence electrons. The first-order valence-corrected chi connectivity index (χ1v) is 11.3. The highest BCUT2D eigenvalue weighted by Gasteiger charge is 2.38. The van der Waals surface area contributed by atoms with Crippen LogP contribution in [0.15, 0.2) is 60.7 Å². The van der Waals surface area contributed by atoms with Gasteiger partial charge in [0, 0.05) is 5.69 Å². The summed E-state index contributed by atoms with van der Waals surface area (Å²) in [6.07, 6.45) is 0. The fourth-order valence-corrected chi connectivity index (χ4v) is 4.08. The predicted octanol–water partition coefficient (Wildman–Crippen LogP) is 5.02. The van der Waals surface area contributed by atoms with E-state index >= 15 is 0 Å². The Morgan fingerprint density at radius 2 is 1.63 bits per heavy atom. The van der Waals surface area contributed by atoms with Gasteiger partial charge in [0.15, 0.2) is 6.61 Å². The molecule has 35 heavy (non-hydrogen) atoms. The average molecular weight is 471 g/mol. The summed E-state index contributed by atoms with van der Waals surface area (Å²) in [6.45, 7) is 7.31. The zero-order valence-corrected chi connectivity index (χ0v) is 20.0. The molecule has 1 N–H and O–H groups in total. The Kier molecular flexibility index (Phi) is 6.51. The van der Waals surface area contributed by atoms with E-state index in [0.717, 1.165) is 21.6 Å². The van der Waals surface area contributed by atoms with Gasteiger partial charge < -0.3 is 10.1 Å². The van der Waals surface area contributed by atoms with E-state index in [1.807, 2.05) is 52.0 Å². The van der Waals surface area contributed by atoms with E-state index in [1.165, 1.54) is 18.2 Å². The second kappa shape index (κ2) is 9.54. The summed E-state index contributed by atoms with van der Waals surface area (Å²) in [6, 6.07) is 17.0. The van der Waals surface area contributed by atoms with Gasteiger partial charge in [-0.3, -0.25) is 14.4 Å². The van der Waals surface area contributed by atoms with Crippen LogP contribution in [-0.4, -0.2) is 30.3 Å². The molecule has 1 heterocycles. The van der Waals surface area contributed by atoms with Crippen LogP contribution in [-0.2, 0) is 9.53 Å². The van der Waals surface area contributed by atoms with Gasteiger partial charge >= 0.3 is 5.97 Å². The zero-order chi connectivity index (χ0) is 25.3. The molecule has 3 aromatic carbocycles. The van der Waals surface area contributed by atoms with Crippen LogP contribution in [0.2, 0.25) is 0 Å². The van der Waals surface area contributed by atoms with Gasteiger partial charge in [0.1, 0.15) is 0 Å². The molecule has 0 atom stereocenters. The maximum absolute atomic E-state index is 13.1. The molecule has 7 nitrogen and oxygen atoms in total. The van der Waals surface area contributed by atoms with Gasteiger partial charge in [0.2, 0.25) is 0 Å². The van der Waals surface area contributed by atoms with Gasteiger partial charge in [-0.15, -0.1) is 0 Å². The number of fused-ring (bicyclic) bond motifs is 1. The SMILES string of the molecule is Cc1cccc(N2C(=O)c3ccc(C(=O)OCC(=O)Nc4ccccc4C(C)C)cc3C2=O)c1C. The average Bonchev–Trinajstić information content (AvgIpc) is 3.09. The maximum atomic E-state index is 13.1. The fourth-order valence-electron chi connectivity index (χ4n) is 4.08. The number of carbonyl (C=O) groups excluding carboxylic acids is 4. The fraction of sp³-hybridized carbons (Fsp3) is 0.214. The normalized spacial score (nSPS) is 12.7. The number of nitrogens with one attached hydrogen (secondary N) is 1. The van der Waals surface area contributed by atoms with Crippen molar-refractivity contribution in [1.29, 1.82) is 0 Å². The van der Waals surface area contributed by atoms with E-state index in [4.69, 9.17) is 4.74 Å². The Bertz CT molecular complexity index is 1360. The minimum atomic E-state index is -0.759. The minimum absolute atomic E-state index is 0.0862. The third kappa shape index (κ3) is 4.57. The number of nitrogens with zero attached hydrogens (tertiary/aromatic N) is 1. The largest absolute Gasteiger partial charge is 0.452 e. The Hall–Kier alpha value is -4.26. The summed E-state index contributed by atoms with van der Waals surface area (Å²) >= 11 is 0. The highest BCUT2D eigenvalue weighted by Crippen LogP contribution is 2.32. The zero-order valence-electron chi connectivity index (χ0n) is 20.0. The highest BCUT2D eigenvalue weighted by atomic mass is 16.5. The summed E-state index contributed by atoms with van der Waals surface area (Å²) in [5.74, 6) is -1.97. The molecule has 0 aliphatic carbocycles. The van der Waals surface area contributed by atoms with Gasteiger partial charge in [-0.1, -0.05) is 44.2 Å². The molecule has 1 aliphatic rings. The molecule has 3 amide bonds. The summed E-state index contributed by atoms with van der Waals surface area (Å²) in [4.78, 5) is 52.1. The molecule has 0 radical (unpaired) electrons. The van der Waals surface area contributed by atoms with Crippen molar-refractivity contribution in [3.05, 3.63) is 94.0 Å². The second-order valence-electron chi connectivity index (χ2n) is 8.79.